The van der Waals surface area contributed by atoms with Crippen molar-refractivity contribution in [3.63, 3.8) is 0 Å². The van der Waals surface area contributed by atoms with Gasteiger partial charge in [0.2, 0.25) is 11.8 Å². The van der Waals surface area contributed by atoms with Crippen LogP contribution in [0.3, 0.4) is 0 Å². The van der Waals surface area contributed by atoms with Crippen molar-refractivity contribution in [2.75, 3.05) is 13.7 Å². The fraction of sp³-hybridized carbons (Fsp3) is 0.808. The zero-order valence-electron chi connectivity index (χ0n) is 23.1. The first-order valence-corrected chi connectivity index (χ1v) is 12.3. The molecule has 7 nitrogen and oxygen atoms in total. The molecule has 0 saturated heterocycles. The molecular weight excluding hydrogens is 418 g/mol. The molecule has 0 aromatic carbocycles. The van der Waals surface area contributed by atoms with Gasteiger partial charge in [-0.05, 0) is 51.9 Å². The van der Waals surface area contributed by atoms with Crippen molar-refractivity contribution in [1.29, 1.82) is 0 Å². The minimum Gasteiger partial charge on any atom is -0.463 e. The average Bonchev–Trinajstić information content (AvgIpc) is 2.71. The van der Waals surface area contributed by atoms with E-state index in [9.17, 15) is 14.4 Å². The van der Waals surface area contributed by atoms with Gasteiger partial charge in [-0.3, -0.25) is 9.59 Å². The van der Waals surface area contributed by atoms with E-state index in [-0.39, 0.29) is 35.8 Å². The van der Waals surface area contributed by atoms with Gasteiger partial charge < -0.3 is 20.3 Å². The zero-order valence-corrected chi connectivity index (χ0v) is 23.1. The summed E-state index contributed by atoms with van der Waals surface area (Å²) in [5.74, 6) is -0.678. The molecule has 0 aliphatic heterocycles. The van der Waals surface area contributed by atoms with Gasteiger partial charge in [0.05, 0.1) is 18.2 Å². The van der Waals surface area contributed by atoms with E-state index >= 15 is 0 Å². The summed E-state index contributed by atoms with van der Waals surface area (Å²) in [6.07, 6.45) is 3.01. The maximum Gasteiger partial charge on any atom is 0.333 e. The Morgan fingerprint density at radius 1 is 1.00 bits per heavy atom. The number of rotatable bonds is 12. The van der Waals surface area contributed by atoms with Gasteiger partial charge in [0.15, 0.2) is 0 Å². The molecule has 0 aromatic rings. The highest BCUT2D eigenvalue weighted by molar-refractivity contribution is 5.93. The lowest BCUT2D eigenvalue weighted by atomic mass is 9.83. The summed E-state index contributed by atoms with van der Waals surface area (Å²) in [4.78, 5) is 41.0. The molecule has 0 aliphatic rings. The van der Waals surface area contributed by atoms with Gasteiger partial charge in [-0.2, -0.15) is 0 Å². The normalized spacial score (nSPS) is 14.8. The Balaban J connectivity index is 6.06. The van der Waals surface area contributed by atoms with Crippen molar-refractivity contribution in [2.45, 2.75) is 113 Å². The topological polar surface area (TPSA) is 87.7 Å². The molecule has 0 bridgehead atoms. The highest BCUT2D eigenvalue weighted by Gasteiger charge is 2.42. The first-order chi connectivity index (χ1) is 15.1. The summed E-state index contributed by atoms with van der Waals surface area (Å²) in [6, 6.07) is -0.915. The molecule has 0 unspecified atom stereocenters. The number of carbonyl (C=O) groups excluding carboxylic acids is 3. The Kier molecular flexibility index (Phi) is 12.4. The molecule has 0 aromatic heterocycles. The molecule has 33 heavy (non-hydrogen) atoms. The van der Waals surface area contributed by atoms with E-state index in [2.05, 4.69) is 10.6 Å². The Morgan fingerprint density at radius 3 is 1.88 bits per heavy atom. The van der Waals surface area contributed by atoms with Crippen LogP contribution in [0.25, 0.3) is 0 Å². The molecule has 0 aliphatic carbocycles. The van der Waals surface area contributed by atoms with Crippen LogP contribution in [0.4, 0.5) is 0 Å². The molecule has 2 atom stereocenters. The van der Waals surface area contributed by atoms with Crippen LogP contribution in [-0.4, -0.2) is 60.0 Å². The second-order valence-corrected chi connectivity index (χ2v) is 10.6. The lowest BCUT2D eigenvalue weighted by Crippen LogP contribution is -2.64. The largest absolute Gasteiger partial charge is 0.463 e. The van der Waals surface area contributed by atoms with Crippen molar-refractivity contribution >= 4 is 17.8 Å². The zero-order chi connectivity index (χ0) is 26.1. The summed E-state index contributed by atoms with van der Waals surface area (Å²) in [6.45, 7) is 21.6. The van der Waals surface area contributed by atoms with E-state index in [4.69, 9.17) is 4.74 Å². The Bertz CT molecular complexity index is 688. The van der Waals surface area contributed by atoms with Crippen molar-refractivity contribution in [1.82, 2.24) is 15.5 Å². The van der Waals surface area contributed by atoms with Crippen molar-refractivity contribution in [2.24, 2.45) is 11.3 Å². The Morgan fingerprint density at radius 2 is 1.52 bits per heavy atom. The number of nitrogens with one attached hydrogen (secondary N) is 2. The predicted octanol–water partition coefficient (Wildman–Crippen LogP) is 4.07. The van der Waals surface area contributed by atoms with E-state index in [0.29, 0.717) is 25.0 Å². The lowest BCUT2D eigenvalue weighted by molar-refractivity contribution is -0.142. The molecule has 0 spiro atoms. The fourth-order valence-corrected chi connectivity index (χ4v) is 3.98. The van der Waals surface area contributed by atoms with Gasteiger partial charge in [-0.25, -0.2) is 4.79 Å². The summed E-state index contributed by atoms with van der Waals surface area (Å²) in [7, 11) is 1.73. The third-order valence-electron chi connectivity index (χ3n) is 6.09. The summed E-state index contributed by atoms with van der Waals surface area (Å²) in [5, 5.41) is 6.48. The van der Waals surface area contributed by atoms with E-state index in [0.717, 1.165) is 0 Å². The van der Waals surface area contributed by atoms with Crippen LogP contribution in [0.5, 0.6) is 0 Å². The number of carbonyl (C=O) groups is 3. The minimum absolute atomic E-state index is 0.0626. The highest BCUT2D eigenvalue weighted by Crippen LogP contribution is 2.26. The monoisotopic (exact) mass is 467 g/mol. The van der Waals surface area contributed by atoms with Crippen LogP contribution in [-0.2, 0) is 19.1 Å². The molecule has 192 valence electrons. The van der Waals surface area contributed by atoms with Gasteiger partial charge in [0.1, 0.15) is 6.04 Å². The lowest BCUT2D eigenvalue weighted by Gasteiger charge is -2.40. The third-order valence-corrected chi connectivity index (χ3v) is 6.09. The second-order valence-electron chi connectivity index (χ2n) is 10.6. The minimum atomic E-state index is -0.742. The molecule has 0 heterocycles. The van der Waals surface area contributed by atoms with Gasteiger partial charge >= 0.3 is 5.97 Å². The first kappa shape index (κ1) is 31.1. The van der Waals surface area contributed by atoms with E-state index in [1.807, 2.05) is 62.3 Å². The second kappa shape index (κ2) is 13.1. The average molecular weight is 468 g/mol. The first-order valence-electron chi connectivity index (χ1n) is 12.3. The van der Waals surface area contributed by atoms with Gasteiger partial charge in [-0.1, -0.05) is 54.5 Å². The predicted molar refractivity (Wildman–Crippen MR) is 135 cm³/mol. The summed E-state index contributed by atoms with van der Waals surface area (Å²) >= 11 is 0. The fourth-order valence-electron chi connectivity index (χ4n) is 3.98. The quantitative estimate of drug-likeness (QED) is 0.334. The molecule has 0 radical (unpaired) electrons. The van der Waals surface area contributed by atoms with Crippen molar-refractivity contribution < 1.29 is 19.1 Å². The van der Waals surface area contributed by atoms with Crippen LogP contribution in [0.15, 0.2) is 11.6 Å². The van der Waals surface area contributed by atoms with Crippen LogP contribution in [0, 0.1) is 11.3 Å². The number of hydrogen-bond donors (Lipinski definition) is 2. The molecule has 7 heteroatoms. The number of likely N-dealkylation sites (N-methyl/N-ethyl adjacent to an activating group) is 1. The maximum atomic E-state index is 13.7. The van der Waals surface area contributed by atoms with Crippen LogP contribution < -0.4 is 10.6 Å². The number of amides is 2. The van der Waals surface area contributed by atoms with Crippen molar-refractivity contribution in [3.8, 4) is 0 Å². The number of hydrogen-bond acceptors (Lipinski definition) is 5. The number of nitrogens with zero attached hydrogens (tertiary/aromatic N) is 1. The van der Waals surface area contributed by atoms with Gasteiger partial charge in [-0.15, -0.1) is 0 Å². The third kappa shape index (κ3) is 8.76. The number of ether oxygens (including phenoxy) is 1. The molecule has 2 N–H and O–H groups in total. The molecule has 0 fully saturated rings. The summed E-state index contributed by atoms with van der Waals surface area (Å²) < 4.78 is 5.10. The van der Waals surface area contributed by atoms with E-state index in [1.165, 1.54) is 0 Å². The maximum absolute atomic E-state index is 13.7. The van der Waals surface area contributed by atoms with Crippen LogP contribution >= 0.6 is 0 Å². The molecule has 2 amide bonds. The van der Waals surface area contributed by atoms with Crippen LogP contribution in [0.2, 0.25) is 0 Å². The summed E-state index contributed by atoms with van der Waals surface area (Å²) in [5.41, 5.74) is -0.786. The standard InChI is InChI=1S/C26H49N3O4/c1-13-26(14-2,28-18(6)7)24(32)27-21(25(9,10)11)22(30)29(12)20(17(4)5)16-19(8)23(31)33-15-3/h16-18,20-21,28H,13-15H2,1-12H3,(H,27,32)/t20-,21-/m1/s1. The smallest absolute Gasteiger partial charge is 0.333 e. The van der Waals surface area contributed by atoms with Gasteiger partial charge in [0, 0.05) is 18.7 Å². The highest BCUT2D eigenvalue weighted by atomic mass is 16.5. The molecule has 0 saturated carbocycles. The van der Waals surface area contributed by atoms with Gasteiger partial charge in [0.25, 0.3) is 0 Å². The number of esters is 1. The molecular formula is C26H49N3O4. The Labute approximate surface area is 202 Å². The Hall–Kier alpha value is -1.89. The molecule has 0 rings (SSSR count). The van der Waals surface area contributed by atoms with Crippen molar-refractivity contribution in [3.05, 3.63) is 11.6 Å². The SMILES string of the molecule is CCOC(=O)C(C)=C[C@H](C(C)C)N(C)C(=O)[C@@H](NC(=O)C(CC)(CC)NC(C)C)C(C)(C)C. The van der Waals surface area contributed by atoms with E-state index in [1.54, 1.807) is 31.9 Å². The van der Waals surface area contributed by atoms with Crippen LogP contribution in [0.1, 0.15) is 89.0 Å². The van der Waals surface area contributed by atoms with E-state index < -0.39 is 17.0 Å².